The number of halogens is 3. The Morgan fingerprint density at radius 3 is 2.48 bits per heavy atom. The molecule has 1 aromatic heterocycles. The molecule has 0 atom stereocenters. The van der Waals surface area contributed by atoms with E-state index in [9.17, 15) is 18.0 Å². The Kier molecular flexibility index (Phi) is 4.64. The highest BCUT2D eigenvalue weighted by molar-refractivity contribution is 7.12. The molecule has 0 fully saturated rings. The maximum Gasteiger partial charge on any atom is 0.416 e. The molecule has 0 aliphatic heterocycles. The van der Waals surface area contributed by atoms with Crippen LogP contribution in [-0.2, 0) is 19.3 Å². The first kappa shape index (κ1) is 15.5. The molecule has 2 aromatic rings. The molecule has 2 rings (SSSR count). The number of hydrogen-bond acceptors (Lipinski definition) is 3. The average molecular weight is 315 g/mol. The molecule has 21 heavy (non-hydrogen) atoms. The highest BCUT2D eigenvalue weighted by Gasteiger charge is 2.32. The van der Waals surface area contributed by atoms with Crippen LogP contribution in [0.3, 0.4) is 0 Å². The molecular formula is C14H12F3NO2S. The molecule has 0 spiro atoms. The summed E-state index contributed by atoms with van der Waals surface area (Å²) < 4.78 is 38.4. The fourth-order valence-corrected chi connectivity index (χ4v) is 2.71. The first-order chi connectivity index (χ1) is 9.89. The molecule has 1 heterocycles. The van der Waals surface area contributed by atoms with E-state index in [1.807, 2.05) is 0 Å². The van der Waals surface area contributed by atoms with Crippen LogP contribution in [0.2, 0.25) is 0 Å². The van der Waals surface area contributed by atoms with Crippen LogP contribution in [0, 0.1) is 0 Å². The number of aromatic carboxylic acids is 1. The van der Waals surface area contributed by atoms with E-state index in [-0.39, 0.29) is 23.5 Å². The summed E-state index contributed by atoms with van der Waals surface area (Å²) in [6.45, 7) is 0.224. The monoisotopic (exact) mass is 315 g/mol. The lowest BCUT2D eigenvalue weighted by molar-refractivity contribution is -0.138. The number of thiophene rings is 1. The Morgan fingerprint density at radius 1 is 1.14 bits per heavy atom. The average Bonchev–Trinajstić information content (AvgIpc) is 2.87. The predicted octanol–water partition coefficient (Wildman–Crippen LogP) is 3.75. The summed E-state index contributed by atoms with van der Waals surface area (Å²) >= 11 is 1.09. The van der Waals surface area contributed by atoms with Crippen molar-refractivity contribution >= 4 is 17.3 Å². The second-order valence-electron chi connectivity index (χ2n) is 4.34. The lowest BCUT2D eigenvalue weighted by Gasteiger charge is -2.13. The molecule has 0 unspecified atom stereocenters. The third-order valence-corrected chi connectivity index (χ3v) is 3.84. The molecule has 1 aromatic carbocycles. The standard InChI is InChI=1S/C14H12F3NO2S/c15-14(16,17)11-4-2-1-3-9(11)7-18-8-10-5-6-21-12(10)13(19)20/h1-6,18H,7-8H2,(H,19,20). The summed E-state index contributed by atoms with van der Waals surface area (Å²) in [6, 6.07) is 6.97. The summed E-state index contributed by atoms with van der Waals surface area (Å²) in [5, 5.41) is 13.5. The fourth-order valence-electron chi connectivity index (χ4n) is 1.95. The van der Waals surface area contributed by atoms with Crippen molar-refractivity contribution in [2.75, 3.05) is 0 Å². The van der Waals surface area contributed by atoms with Crippen LogP contribution in [0.15, 0.2) is 35.7 Å². The quantitative estimate of drug-likeness (QED) is 0.883. The number of nitrogens with one attached hydrogen (secondary N) is 1. The zero-order chi connectivity index (χ0) is 15.5. The summed E-state index contributed by atoms with van der Waals surface area (Å²) in [7, 11) is 0. The minimum Gasteiger partial charge on any atom is -0.477 e. The van der Waals surface area contributed by atoms with Gasteiger partial charge in [-0.25, -0.2) is 4.79 Å². The molecule has 0 aliphatic carbocycles. The highest BCUT2D eigenvalue weighted by atomic mass is 32.1. The summed E-state index contributed by atoms with van der Waals surface area (Å²) in [4.78, 5) is 11.1. The third-order valence-electron chi connectivity index (χ3n) is 2.89. The van der Waals surface area contributed by atoms with E-state index in [1.165, 1.54) is 12.1 Å². The number of carbonyl (C=O) groups is 1. The summed E-state index contributed by atoms with van der Waals surface area (Å²) in [5.74, 6) is -1.03. The van der Waals surface area contributed by atoms with Crippen LogP contribution in [0.25, 0.3) is 0 Å². The number of carboxylic acid groups (broad SMARTS) is 1. The van der Waals surface area contributed by atoms with Gasteiger partial charge in [-0.3, -0.25) is 0 Å². The van der Waals surface area contributed by atoms with Gasteiger partial charge in [0, 0.05) is 13.1 Å². The van der Waals surface area contributed by atoms with Gasteiger partial charge in [-0.15, -0.1) is 11.3 Å². The Hall–Kier alpha value is -1.86. The molecule has 0 saturated heterocycles. The predicted molar refractivity (Wildman–Crippen MR) is 73.3 cm³/mol. The Balaban J connectivity index is 2.04. The van der Waals surface area contributed by atoms with Crippen LogP contribution < -0.4 is 5.32 Å². The number of carboxylic acids is 1. The highest BCUT2D eigenvalue weighted by Crippen LogP contribution is 2.31. The van der Waals surface area contributed by atoms with Crippen LogP contribution in [-0.4, -0.2) is 11.1 Å². The van der Waals surface area contributed by atoms with Crippen molar-refractivity contribution in [2.24, 2.45) is 0 Å². The molecule has 0 saturated carbocycles. The third kappa shape index (κ3) is 3.83. The minimum atomic E-state index is -4.40. The van der Waals surface area contributed by atoms with Crippen LogP contribution in [0.4, 0.5) is 13.2 Å². The van der Waals surface area contributed by atoms with E-state index in [4.69, 9.17) is 5.11 Å². The number of hydrogen-bond donors (Lipinski definition) is 2. The van der Waals surface area contributed by atoms with Gasteiger partial charge in [0.2, 0.25) is 0 Å². The van der Waals surface area contributed by atoms with E-state index in [0.717, 1.165) is 17.4 Å². The molecule has 3 nitrogen and oxygen atoms in total. The number of benzene rings is 1. The number of alkyl halides is 3. The Morgan fingerprint density at radius 2 is 1.81 bits per heavy atom. The fraction of sp³-hybridized carbons (Fsp3) is 0.214. The normalized spacial score (nSPS) is 11.6. The van der Waals surface area contributed by atoms with Gasteiger partial charge in [0.25, 0.3) is 0 Å². The molecule has 0 amide bonds. The zero-order valence-corrected chi connectivity index (χ0v) is 11.6. The van der Waals surface area contributed by atoms with Gasteiger partial charge < -0.3 is 10.4 Å². The maximum atomic E-state index is 12.8. The largest absolute Gasteiger partial charge is 0.477 e. The molecule has 0 aliphatic rings. The molecular weight excluding hydrogens is 303 g/mol. The number of rotatable bonds is 5. The van der Waals surface area contributed by atoms with Crippen molar-refractivity contribution in [2.45, 2.75) is 19.3 Å². The van der Waals surface area contributed by atoms with E-state index < -0.39 is 17.7 Å². The zero-order valence-electron chi connectivity index (χ0n) is 10.8. The van der Waals surface area contributed by atoms with Crippen molar-refractivity contribution in [3.05, 3.63) is 57.3 Å². The van der Waals surface area contributed by atoms with Gasteiger partial charge in [-0.1, -0.05) is 18.2 Å². The van der Waals surface area contributed by atoms with Gasteiger partial charge in [0.05, 0.1) is 5.56 Å². The molecule has 7 heteroatoms. The van der Waals surface area contributed by atoms with Crippen molar-refractivity contribution in [3.8, 4) is 0 Å². The van der Waals surface area contributed by atoms with Gasteiger partial charge >= 0.3 is 12.1 Å². The first-order valence-electron chi connectivity index (χ1n) is 6.05. The van der Waals surface area contributed by atoms with Gasteiger partial charge in [-0.2, -0.15) is 13.2 Å². The Labute approximate surface area is 123 Å². The van der Waals surface area contributed by atoms with Gasteiger partial charge in [0.15, 0.2) is 0 Å². The summed E-state index contributed by atoms with van der Waals surface area (Å²) in [6.07, 6.45) is -4.40. The van der Waals surface area contributed by atoms with E-state index in [0.29, 0.717) is 5.56 Å². The molecule has 0 bridgehead atoms. The van der Waals surface area contributed by atoms with E-state index in [2.05, 4.69) is 5.32 Å². The van der Waals surface area contributed by atoms with Crippen LogP contribution in [0.1, 0.15) is 26.4 Å². The van der Waals surface area contributed by atoms with Crippen molar-refractivity contribution in [1.82, 2.24) is 5.32 Å². The van der Waals surface area contributed by atoms with E-state index >= 15 is 0 Å². The second-order valence-corrected chi connectivity index (χ2v) is 5.25. The van der Waals surface area contributed by atoms with Crippen molar-refractivity contribution < 1.29 is 23.1 Å². The van der Waals surface area contributed by atoms with E-state index in [1.54, 1.807) is 17.5 Å². The topological polar surface area (TPSA) is 49.3 Å². The lowest BCUT2D eigenvalue weighted by Crippen LogP contribution is -2.18. The molecule has 0 radical (unpaired) electrons. The van der Waals surface area contributed by atoms with Crippen LogP contribution in [0.5, 0.6) is 0 Å². The smallest absolute Gasteiger partial charge is 0.416 e. The lowest BCUT2D eigenvalue weighted by atomic mass is 10.1. The van der Waals surface area contributed by atoms with Crippen LogP contribution >= 0.6 is 11.3 Å². The molecule has 2 N–H and O–H groups in total. The van der Waals surface area contributed by atoms with Crippen molar-refractivity contribution in [3.63, 3.8) is 0 Å². The summed E-state index contributed by atoms with van der Waals surface area (Å²) in [5.41, 5.74) is 0.0235. The first-order valence-corrected chi connectivity index (χ1v) is 6.93. The Bertz CT molecular complexity index is 637. The van der Waals surface area contributed by atoms with Crippen molar-refractivity contribution in [1.29, 1.82) is 0 Å². The van der Waals surface area contributed by atoms with Gasteiger partial charge in [0.1, 0.15) is 4.88 Å². The SMILES string of the molecule is O=C(O)c1sccc1CNCc1ccccc1C(F)(F)F. The second kappa shape index (κ2) is 6.28. The minimum absolute atomic E-state index is 0.0184. The molecule has 112 valence electrons. The van der Waals surface area contributed by atoms with Gasteiger partial charge in [-0.05, 0) is 28.6 Å². The maximum absolute atomic E-state index is 12.8.